The van der Waals surface area contributed by atoms with E-state index in [0.717, 1.165) is 18.5 Å². The smallest absolute Gasteiger partial charge is 0.234 e. The fourth-order valence-corrected chi connectivity index (χ4v) is 5.06. The van der Waals surface area contributed by atoms with Crippen molar-refractivity contribution in [3.05, 3.63) is 78.4 Å². The number of amides is 2. The van der Waals surface area contributed by atoms with Crippen molar-refractivity contribution in [1.82, 2.24) is 5.32 Å². The number of anilines is 1. The maximum Gasteiger partial charge on any atom is 0.234 e. The van der Waals surface area contributed by atoms with Gasteiger partial charge in [-0.05, 0) is 37.5 Å². The molecule has 0 saturated carbocycles. The molecule has 1 spiro atoms. The summed E-state index contributed by atoms with van der Waals surface area (Å²) < 4.78 is 6.22. The van der Waals surface area contributed by atoms with Gasteiger partial charge < -0.3 is 15.0 Å². The van der Waals surface area contributed by atoms with Crippen molar-refractivity contribution in [2.45, 2.75) is 37.5 Å². The first-order chi connectivity index (χ1) is 14.6. The Morgan fingerprint density at radius 3 is 2.60 bits per heavy atom. The predicted octanol–water partition coefficient (Wildman–Crippen LogP) is 3.11. The van der Waals surface area contributed by atoms with E-state index in [4.69, 9.17) is 4.74 Å². The zero-order valence-corrected chi connectivity index (χ0v) is 17.0. The Bertz CT molecular complexity index is 974. The lowest BCUT2D eigenvalue weighted by atomic mass is 9.76. The first-order valence-electron chi connectivity index (χ1n) is 10.7. The standard InChI is InChI=1S/C25H26N2O3/c1-17(12-13-18-8-4-2-5-9-18)26-23(28)21-20-14-15-25(30-20)16-27(24(29)22(21)25)19-10-6-3-7-11-19/h2-11,14-15,17,20-22H,12-13,16H2,1H3,(H,26,28)/t17-,20-,21-,22+,25-/m1/s1. The molecule has 0 unspecified atom stereocenters. The van der Waals surface area contributed by atoms with Crippen LogP contribution in [-0.2, 0) is 20.7 Å². The number of hydrogen-bond acceptors (Lipinski definition) is 3. The highest BCUT2D eigenvalue weighted by atomic mass is 16.5. The summed E-state index contributed by atoms with van der Waals surface area (Å²) in [6, 6.07) is 19.9. The molecular weight excluding hydrogens is 376 g/mol. The second kappa shape index (κ2) is 7.40. The van der Waals surface area contributed by atoms with Gasteiger partial charge in [-0.3, -0.25) is 9.59 Å². The Morgan fingerprint density at radius 2 is 1.87 bits per heavy atom. The number of hydrogen-bond donors (Lipinski definition) is 1. The fourth-order valence-electron chi connectivity index (χ4n) is 5.06. The number of fused-ring (bicyclic) bond motifs is 1. The number of carbonyl (C=O) groups excluding carboxylic acids is 2. The van der Waals surface area contributed by atoms with Crippen LogP contribution in [0.2, 0.25) is 0 Å². The van der Waals surface area contributed by atoms with E-state index in [9.17, 15) is 9.59 Å². The summed E-state index contributed by atoms with van der Waals surface area (Å²) in [6.45, 7) is 2.48. The Morgan fingerprint density at radius 1 is 1.17 bits per heavy atom. The molecule has 2 aromatic rings. The molecule has 0 aromatic heterocycles. The molecule has 2 aromatic carbocycles. The quantitative estimate of drug-likeness (QED) is 0.756. The van der Waals surface area contributed by atoms with E-state index in [0.29, 0.717) is 6.54 Å². The van der Waals surface area contributed by atoms with Gasteiger partial charge in [0, 0.05) is 11.7 Å². The van der Waals surface area contributed by atoms with Crippen LogP contribution in [0.15, 0.2) is 72.8 Å². The van der Waals surface area contributed by atoms with Crippen LogP contribution in [0, 0.1) is 11.8 Å². The highest BCUT2D eigenvalue weighted by Crippen LogP contribution is 2.52. The molecule has 5 atom stereocenters. The van der Waals surface area contributed by atoms with Gasteiger partial charge in [0.2, 0.25) is 11.8 Å². The normalized spacial score (nSPS) is 29.8. The maximum atomic E-state index is 13.3. The number of nitrogens with one attached hydrogen (secondary N) is 1. The van der Waals surface area contributed by atoms with Gasteiger partial charge >= 0.3 is 0 Å². The number of carbonyl (C=O) groups is 2. The van der Waals surface area contributed by atoms with Crippen LogP contribution in [0.25, 0.3) is 0 Å². The first-order valence-corrected chi connectivity index (χ1v) is 10.7. The van der Waals surface area contributed by atoms with Crippen LogP contribution in [0.3, 0.4) is 0 Å². The molecule has 2 amide bonds. The van der Waals surface area contributed by atoms with Crippen LogP contribution in [0.4, 0.5) is 5.69 Å². The molecule has 2 bridgehead atoms. The van der Waals surface area contributed by atoms with Gasteiger partial charge in [0.25, 0.3) is 0 Å². The van der Waals surface area contributed by atoms with E-state index in [1.807, 2.05) is 67.6 Å². The van der Waals surface area contributed by atoms with E-state index in [1.54, 1.807) is 4.90 Å². The second-order valence-corrected chi connectivity index (χ2v) is 8.59. The SMILES string of the molecule is C[C@H](CCc1ccccc1)NC(=O)[C@H]1[C@H]2C(=O)N(c3ccccc3)C[C@]23C=C[C@H]1O3. The number of rotatable bonds is 6. The van der Waals surface area contributed by atoms with Gasteiger partial charge in [-0.2, -0.15) is 0 Å². The molecule has 3 heterocycles. The summed E-state index contributed by atoms with van der Waals surface area (Å²) in [7, 11) is 0. The molecule has 5 rings (SSSR count). The summed E-state index contributed by atoms with van der Waals surface area (Å²) >= 11 is 0. The molecule has 3 aliphatic rings. The molecule has 2 fully saturated rings. The Kier molecular flexibility index (Phi) is 4.70. The van der Waals surface area contributed by atoms with Gasteiger partial charge in [0.1, 0.15) is 5.60 Å². The van der Waals surface area contributed by atoms with E-state index < -0.39 is 17.4 Å². The molecule has 30 heavy (non-hydrogen) atoms. The van der Waals surface area contributed by atoms with Crippen LogP contribution in [0.1, 0.15) is 18.9 Å². The minimum absolute atomic E-state index is 0.0230. The van der Waals surface area contributed by atoms with Crippen molar-refractivity contribution in [2.75, 3.05) is 11.4 Å². The minimum atomic E-state index is -0.688. The second-order valence-electron chi connectivity index (χ2n) is 8.59. The first kappa shape index (κ1) is 19.1. The van der Waals surface area contributed by atoms with Gasteiger partial charge in [-0.1, -0.05) is 60.7 Å². The molecule has 5 heteroatoms. The summed E-state index contributed by atoms with van der Waals surface area (Å²) in [4.78, 5) is 28.3. The number of ether oxygens (including phenoxy) is 1. The van der Waals surface area contributed by atoms with E-state index in [-0.39, 0.29) is 24.0 Å². The zero-order valence-electron chi connectivity index (χ0n) is 17.0. The number of benzene rings is 2. The average molecular weight is 402 g/mol. The van der Waals surface area contributed by atoms with Crippen molar-refractivity contribution in [3.8, 4) is 0 Å². The summed E-state index contributed by atoms with van der Waals surface area (Å²) in [5, 5.41) is 3.14. The van der Waals surface area contributed by atoms with Gasteiger partial charge in [0.15, 0.2) is 0 Å². The van der Waals surface area contributed by atoms with Crippen LogP contribution in [0.5, 0.6) is 0 Å². The predicted molar refractivity (Wildman–Crippen MR) is 115 cm³/mol. The molecule has 0 aliphatic carbocycles. The largest absolute Gasteiger partial charge is 0.360 e. The minimum Gasteiger partial charge on any atom is -0.360 e. The lowest BCUT2D eigenvalue weighted by Crippen LogP contribution is -2.46. The number of nitrogens with zero attached hydrogens (tertiary/aromatic N) is 1. The fraction of sp³-hybridized carbons (Fsp3) is 0.360. The molecule has 3 aliphatic heterocycles. The Labute approximate surface area is 176 Å². The van der Waals surface area contributed by atoms with Crippen molar-refractivity contribution < 1.29 is 14.3 Å². The molecule has 0 radical (unpaired) electrons. The van der Waals surface area contributed by atoms with Crippen molar-refractivity contribution >= 4 is 17.5 Å². The summed E-state index contributed by atoms with van der Waals surface area (Å²) in [6.07, 6.45) is 5.38. The third-order valence-electron chi connectivity index (χ3n) is 6.57. The van der Waals surface area contributed by atoms with E-state index in [1.165, 1.54) is 5.56 Å². The van der Waals surface area contributed by atoms with Gasteiger partial charge in [-0.25, -0.2) is 0 Å². The third-order valence-corrected chi connectivity index (χ3v) is 6.57. The molecule has 2 saturated heterocycles. The van der Waals surface area contributed by atoms with Crippen LogP contribution in [-0.4, -0.2) is 36.1 Å². The molecular formula is C25H26N2O3. The van der Waals surface area contributed by atoms with Crippen LogP contribution >= 0.6 is 0 Å². The van der Waals surface area contributed by atoms with Crippen molar-refractivity contribution in [1.29, 1.82) is 0 Å². The monoisotopic (exact) mass is 402 g/mol. The average Bonchev–Trinajstić information content (AvgIpc) is 3.42. The van der Waals surface area contributed by atoms with Crippen LogP contribution < -0.4 is 10.2 Å². The molecule has 154 valence electrons. The maximum absolute atomic E-state index is 13.3. The van der Waals surface area contributed by atoms with Crippen molar-refractivity contribution in [3.63, 3.8) is 0 Å². The Hall–Kier alpha value is -2.92. The number of aryl methyl sites for hydroxylation is 1. The Balaban J connectivity index is 1.29. The molecule has 1 N–H and O–H groups in total. The summed E-state index contributed by atoms with van der Waals surface area (Å²) in [5.74, 6) is -1.05. The van der Waals surface area contributed by atoms with Gasteiger partial charge in [-0.15, -0.1) is 0 Å². The summed E-state index contributed by atoms with van der Waals surface area (Å²) in [5.41, 5.74) is 1.42. The highest BCUT2D eigenvalue weighted by molar-refractivity contribution is 6.03. The van der Waals surface area contributed by atoms with E-state index >= 15 is 0 Å². The number of para-hydroxylation sites is 1. The van der Waals surface area contributed by atoms with Crippen molar-refractivity contribution in [2.24, 2.45) is 11.8 Å². The lowest BCUT2D eigenvalue weighted by Gasteiger charge is -2.25. The lowest BCUT2D eigenvalue weighted by molar-refractivity contribution is -0.132. The molecule has 5 nitrogen and oxygen atoms in total. The van der Waals surface area contributed by atoms with Gasteiger partial charge in [0.05, 0.1) is 24.5 Å². The van der Waals surface area contributed by atoms with E-state index in [2.05, 4.69) is 17.4 Å². The zero-order chi connectivity index (χ0) is 20.7. The topological polar surface area (TPSA) is 58.6 Å². The highest BCUT2D eigenvalue weighted by Gasteiger charge is 2.67. The third kappa shape index (κ3) is 3.14.